The standard InChI is InChI=1S/C22H38O/c1-3-4-5-6-7-8-9-10-11-12-13-14-15-16-21-18-17-20(2)22(23)19-21/h17-19,23H,3-16H2,1-2H3. The highest BCUT2D eigenvalue weighted by atomic mass is 16.3. The van der Waals surface area contributed by atoms with E-state index in [0.29, 0.717) is 5.75 Å². The van der Waals surface area contributed by atoms with Gasteiger partial charge in [-0.3, -0.25) is 0 Å². The highest BCUT2D eigenvalue weighted by molar-refractivity contribution is 5.35. The van der Waals surface area contributed by atoms with Crippen molar-refractivity contribution >= 4 is 0 Å². The topological polar surface area (TPSA) is 20.2 Å². The van der Waals surface area contributed by atoms with Crippen LogP contribution in [0.1, 0.15) is 102 Å². The van der Waals surface area contributed by atoms with Gasteiger partial charge in [-0.2, -0.15) is 0 Å². The van der Waals surface area contributed by atoms with E-state index >= 15 is 0 Å². The highest BCUT2D eigenvalue weighted by Crippen LogP contribution is 2.19. The molecule has 0 aliphatic heterocycles. The fourth-order valence-electron chi connectivity index (χ4n) is 3.16. The third-order valence-corrected chi connectivity index (χ3v) is 4.84. The van der Waals surface area contributed by atoms with Crippen LogP contribution in [0.4, 0.5) is 0 Å². The first-order chi connectivity index (χ1) is 11.2. The molecule has 1 nitrogen and oxygen atoms in total. The number of rotatable bonds is 14. The normalized spacial score (nSPS) is 11.0. The Morgan fingerprint density at radius 1 is 0.696 bits per heavy atom. The first-order valence-corrected chi connectivity index (χ1v) is 10.0. The monoisotopic (exact) mass is 318 g/mol. The summed E-state index contributed by atoms with van der Waals surface area (Å²) in [6.07, 6.45) is 19.3. The van der Waals surface area contributed by atoms with Crippen molar-refractivity contribution in [2.75, 3.05) is 0 Å². The second-order valence-electron chi connectivity index (χ2n) is 7.11. The lowest BCUT2D eigenvalue weighted by molar-refractivity contribution is 0.470. The van der Waals surface area contributed by atoms with Crippen LogP contribution in [0.5, 0.6) is 5.75 Å². The minimum atomic E-state index is 0.442. The van der Waals surface area contributed by atoms with E-state index < -0.39 is 0 Å². The van der Waals surface area contributed by atoms with Gasteiger partial charge in [0.1, 0.15) is 5.75 Å². The molecule has 0 saturated carbocycles. The summed E-state index contributed by atoms with van der Waals surface area (Å²) < 4.78 is 0. The third kappa shape index (κ3) is 10.4. The molecule has 0 unspecified atom stereocenters. The van der Waals surface area contributed by atoms with Crippen LogP contribution in [0.15, 0.2) is 18.2 Å². The Kier molecular flexibility index (Phi) is 11.7. The zero-order valence-electron chi connectivity index (χ0n) is 15.6. The Hall–Kier alpha value is -0.980. The molecule has 1 aromatic rings. The molecule has 23 heavy (non-hydrogen) atoms. The van der Waals surface area contributed by atoms with Gasteiger partial charge in [0.15, 0.2) is 0 Å². The highest BCUT2D eigenvalue weighted by Gasteiger charge is 1.99. The predicted octanol–water partition coefficient (Wildman–Crippen LogP) is 7.33. The first-order valence-electron chi connectivity index (χ1n) is 10.0. The number of benzene rings is 1. The van der Waals surface area contributed by atoms with Gasteiger partial charge in [0, 0.05) is 0 Å². The van der Waals surface area contributed by atoms with Crippen LogP contribution >= 0.6 is 0 Å². The van der Waals surface area contributed by atoms with Crippen molar-refractivity contribution < 1.29 is 5.11 Å². The van der Waals surface area contributed by atoms with Gasteiger partial charge in [-0.1, -0.05) is 96.1 Å². The van der Waals surface area contributed by atoms with Crippen LogP contribution in [-0.2, 0) is 6.42 Å². The molecule has 0 saturated heterocycles. The molecule has 1 rings (SSSR count). The number of phenols is 1. The lowest BCUT2D eigenvalue weighted by atomic mass is 10.0. The molecule has 1 N–H and O–H groups in total. The Morgan fingerprint density at radius 3 is 1.65 bits per heavy atom. The molecule has 0 spiro atoms. The number of unbranched alkanes of at least 4 members (excludes halogenated alkanes) is 12. The van der Waals surface area contributed by atoms with Gasteiger partial charge < -0.3 is 5.11 Å². The first kappa shape index (κ1) is 20.1. The second-order valence-corrected chi connectivity index (χ2v) is 7.11. The van der Waals surface area contributed by atoms with Crippen LogP contribution in [0.2, 0.25) is 0 Å². The van der Waals surface area contributed by atoms with E-state index in [9.17, 15) is 5.11 Å². The average Bonchev–Trinajstić information content (AvgIpc) is 2.55. The molecule has 1 heteroatoms. The van der Waals surface area contributed by atoms with Gasteiger partial charge in [0.25, 0.3) is 0 Å². The lowest BCUT2D eigenvalue weighted by Gasteiger charge is -2.05. The summed E-state index contributed by atoms with van der Waals surface area (Å²) in [5.74, 6) is 0.442. The number of aryl methyl sites for hydroxylation is 2. The molecule has 0 amide bonds. The van der Waals surface area contributed by atoms with Crippen molar-refractivity contribution in [3.63, 3.8) is 0 Å². The van der Waals surface area contributed by atoms with Crippen LogP contribution < -0.4 is 0 Å². The van der Waals surface area contributed by atoms with Crippen LogP contribution in [0.3, 0.4) is 0 Å². The number of hydrogen-bond acceptors (Lipinski definition) is 1. The molecule has 1 aromatic carbocycles. The van der Waals surface area contributed by atoms with Crippen molar-refractivity contribution in [3.05, 3.63) is 29.3 Å². The van der Waals surface area contributed by atoms with E-state index in [1.54, 1.807) is 0 Å². The van der Waals surface area contributed by atoms with E-state index in [2.05, 4.69) is 13.0 Å². The molecule has 0 atom stereocenters. The number of phenolic OH excluding ortho intramolecular Hbond substituents is 1. The van der Waals surface area contributed by atoms with Gasteiger partial charge >= 0.3 is 0 Å². The lowest BCUT2D eigenvalue weighted by Crippen LogP contribution is -1.87. The summed E-state index contributed by atoms with van der Waals surface area (Å²) >= 11 is 0. The average molecular weight is 319 g/mol. The molecule has 0 radical (unpaired) electrons. The van der Waals surface area contributed by atoms with Gasteiger partial charge in [-0.15, -0.1) is 0 Å². The molecular formula is C22H38O. The fraction of sp³-hybridized carbons (Fsp3) is 0.727. The minimum Gasteiger partial charge on any atom is -0.508 e. The van der Waals surface area contributed by atoms with E-state index in [1.165, 1.54) is 89.0 Å². The Balaban J connectivity index is 1.85. The number of hydrogen-bond donors (Lipinski definition) is 1. The molecule has 0 bridgehead atoms. The Bertz CT molecular complexity index is 397. The quantitative estimate of drug-likeness (QED) is 0.356. The predicted molar refractivity (Wildman–Crippen MR) is 102 cm³/mol. The zero-order valence-corrected chi connectivity index (χ0v) is 15.6. The molecule has 0 fully saturated rings. The van der Waals surface area contributed by atoms with Crippen molar-refractivity contribution in [2.45, 2.75) is 104 Å². The van der Waals surface area contributed by atoms with Gasteiger partial charge in [0.05, 0.1) is 0 Å². The summed E-state index contributed by atoms with van der Waals surface area (Å²) in [7, 11) is 0. The molecule has 132 valence electrons. The second kappa shape index (κ2) is 13.5. The van der Waals surface area contributed by atoms with Crippen LogP contribution in [-0.4, -0.2) is 5.11 Å². The summed E-state index contributed by atoms with van der Waals surface area (Å²) in [6, 6.07) is 6.10. The SMILES string of the molecule is CCCCCCCCCCCCCCCc1ccc(C)c(O)c1. The summed E-state index contributed by atoms with van der Waals surface area (Å²) in [5, 5.41) is 9.70. The van der Waals surface area contributed by atoms with Crippen LogP contribution in [0.25, 0.3) is 0 Å². The molecule has 0 heterocycles. The maximum atomic E-state index is 9.70. The fourth-order valence-corrected chi connectivity index (χ4v) is 3.16. The zero-order chi connectivity index (χ0) is 16.8. The van der Waals surface area contributed by atoms with Crippen molar-refractivity contribution in [1.29, 1.82) is 0 Å². The van der Waals surface area contributed by atoms with Gasteiger partial charge in [0.2, 0.25) is 0 Å². The molecule has 0 aliphatic rings. The van der Waals surface area contributed by atoms with Crippen molar-refractivity contribution in [3.8, 4) is 5.75 Å². The summed E-state index contributed by atoms with van der Waals surface area (Å²) in [4.78, 5) is 0. The van der Waals surface area contributed by atoms with E-state index in [0.717, 1.165) is 12.0 Å². The summed E-state index contributed by atoms with van der Waals surface area (Å²) in [6.45, 7) is 4.23. The van der Waals surface area contributed by atoms with E-state index in [-0.39, 0.29) is 0 Å². The molecule has 0 aliphatic carbocycles. The smallest absolute Gasteiger partial charge is 0.118 e. The maximum Gasteiger partial charge on any atom is 0.118 e. The summed E-state index contributed by atoms with van der Waals surface area (Å²) in [5.41, 5.74) is 2.25. The van der Waals surface area contributed by atoms with Crippen molar-refractivity contribution in [2.24, 2.45) is 0 Å². The van der Waals surface area contributed by atoms with Gasteiger partial charge in [-0.25, -0.2) is 0 Å². The molecule has 0 aromatic heterocycles. The largest absolute Gasteiger partial charge is 0.508 e. The van der Waals surface area contributed by atoms with E-state index in [1.807, 2.05) is 19.1 Å². The van der Waals surface area contributed by atoms with E-state index in [4.69, 9.17) is 0 Å². The third-order valence-electron chi connectivity index (χ3n) is 4.84. The van der Waals surface area contributed by atoms with Crippen LogP contribution in [0, 0.1) is 6.92 Å². The van der Waals surface area contributed by atoms with Crippen molar-refractivity contribution in [1.82, 2.24) is 0 Å². The minimum absolute atomic E-state index is 0.442. The van der Waals surface area contributed by atoms with Gasteiger partial charge in [-0.05, 0) is 37.0 Å². The Labute approximate surface area is 144 Å². The Morgan fingerprint density at radius 2 is 1.17 bits per heavy atom. The molecular weight excluding hydrogens is 280 g/mol. The number of aromatic hydroxyl groups is 1. The maximum absolute atomic E-state index is 9.70.